The van der Waals surface area contributed by atoms with Crippen molar-refractivity contribution in [2.75, 3.05) is 27.2 Å². The molecule has 7 heteroatoms. The van der Waals surface area contributed by atoms with Crippen LogP contribution >= 0.6 is 0 Å². The van der Waals surface area contributed by atoms with E-state index in [1.54, 1.807) is 37.4 Å². The summed E-state index contributed by atoms with van der Waals surface area (Å²) in [4.78, 5) is 15.4. The van der Waals surface area contributed by atoms with Gasteiger partial charge in [0.05, 0.1) is 19.4 Å². The number of hydrogen-bond acceptors (Lipinski definition) is 6. The molecule has 0 aromatic carbocycles. The van der Waals surface area contributed by atoms with Crippen molar-refractivity contribution >= 4 is 5.91 Å². The molecule has 0 aliphatic heterocycles. The van der Waals surface area contributed by atoms with Crippen molar-refractivity contribution in [1.29, 1.82) is 0 Å². The van der Waals surface area contributed by atoms with Gasteiger partial charge in [-0.3, -0.25) is 9.69 Å². The van der Waals surface area contributed by atoms with Crippen LogP contribution in [0.25, 0.3) is 11.7 Å². The lowest BCUT2D eigenvalue weighted by Crippen LogP contribution is -2.36. The zero-order valence-corrected chi connectivity index (χ0v) is 12.6. The van der Waals surface area contributed by atoms with E-state index in [0.717, 1.165) is 13.0 Å². The van der Waals surface area contributed by atoms with Gasteiger partial charge in [-0.1, -0.05) is 6.92 Å². The van der Waals surface area contributed by atoms with Gasteiger partial charge in [0, 0.05) is 14.1 Å². The van der Waals surface area contributed by atoms with Crippen LogP contribution in [0.3, 0.4) is 0 Å². The molecular formula is C14H20N4O3. The molecule has 0 spiro atoms. The van der Waals surface area contributed by atoms with Gasteiger partial charge in [-0.15, -0.1) is 10.2 Å². The van der Waals surface area contributed by atoms with Gasteiger partial charge in [-0.25, -0.2) is 0 Å². The van der Waals surface area contributed by atoms with E-state index in [2.05, 4.69) is 17.1 Å². The topological polar surface area (TPSA) is 75.6 Å². The lowest BCUT2D eigenvalue weighted by molar-refractivity contribution is -0.130. The Morgan fingerprint density at radius 2 is 2.14 bits per heavy atom. The standard InChI is InChI=1S/C14H20N4O3/c1-4-7-18(10-13(19)17(2)3)9-12-15-16-14(21-12)11-6-5-8-20-11/h5-6,8H,4,7,9-10H2,1-3H3. The largest absolute Gasteiger partial charge is 0.459 e. The summed E-state index contributed by atoms with van der Waals surface area (Å²) in [6.45, 7) is 3.63. The number of nitrogens with zero attached hydrogens (tertiary/aromatic N) is 4. The molecule has 0 N–H and O–H groups in total. The van der Waals surface area contributed by atoms with Crippen molar-refractivity contribution in [2.45, 2.75) is 19.9 Å². The molecule has 0 bridgehead atoms. The fourth-order valence-electron chi connectivity index (χ4n) is 1.87. The fourth-order valence-corrected chi connectivity index (χ4v) is 1.87. The van der Waals surface area contributed by atoms with Crippen molar-refractivity contribution in [3.05, 3.63) is 24.3 Å². The van der Waals surface area contributed by atoms with Gasteiger partial charge in [0.25, 0.3) is 5.89 Å². The van der Waals surface area contributed by atoms with Crippen molar-refractivity contribution < 1.29 is 13.6 Å². The van der Waals surface area contributed by atoms with Crippen LogP contribution in [-0.2, 0) is 11.3 Å². The van der Waals surface area contributed by atoms with Crippen LogP contribution in [0.5, 0.6) is 0 Å². The summed E-state index contributed by atoms with van der Waals surface area (Å²) in [6, 6.07) is 3.52. The van der Waals surface area contributed by atoms with E-state index in [9.17, 15) is 4.79 Å². The van der Waals surface area contributed by atoms with Crippen molar-refractivity contribution in [1.82, 2.24) is 20.0 Å². The first kappa shape index (κ1) is 15.2. The summed E-state index contributed by atoms with van der Waals surface area (Å²) in [7, 11) is 3.49. The summed E-state index contributed by atoms with van der Waals surface area (Å²) in [5, 5.41) is 7.96. The third kappa shape index (κ3) is 4.16. The van der Waals surface area contributed by atoms with Crippen LogP contribution in [0.4, 0.5) is 0 Å². The SMILES string of the molecule is CCCN(CC(=O)N(C)C)Cc1nnc(-c2ccco2)o1. The zero-order valence-electron chi connectivity index (χ0n) is 12.6. The third-order valence-corrected chi connectivity index (χ3v) is 2.96. The smallest absolute Gasteiger partial charge is 0.283 e. The number of carbonyl (C=O) groups is 1. The van der Waals surface area contributed by atoms with Crippen LogP contribution in [0.2, 0.25) is 0 Å². The molecule has 1 amide bonds. The highest BCUT2D eigenvalue weighted by Gasteiger charge is 2.16. The van der Waals surface area contributed by atoms with Gasteiger partial charge in [-0.05, 0) is 25.1 Å². The maximum Gasteiger partial charge on any atom is 0.283 e. The first-order valence-electron chi connectivity index (χ1n) is 6.89. The maximum atomic E-state index is 11.8. The van der Waals surface area contributed by atoms with E-state index in [1.165, 1.54) is 0 Å². The van der Waals surface area contributed by atoms with Crippen molar-refractivity contribution in [2.24, 2.45) is 0 Å². The first-order chi connectivity index (χ1) is 10.1. The first-order valence-corrected chi connectivity index (χ1v) is 6.89. The molecule has 0 atom stereocenters. The summed E-state index contributed by atoms with van der Waals surface area (Å²) in [5.74, 6) is 1.42. The molecule has 2 heterocycles. The predicted molar refractivity (Wildman–Crippen MR) is 76.3 cm³/mol. The quantitative estimate of drug-likeness (QED) is 0.772. The number of aromatic nitrogens is 2. The van der Waals surface area contributed by atoms with Crippen LogP contribution in [0.15, 0.2) is 27.2 Å². The van der Waals surface area contributed by atoms with Gasteiger partial charge < -0.3 is 13.7 Å². The Labute approximate surface area is 123 Å². The molecule has 2 rings (SSSR count). The van der Waals surface area contributed by atoms with Crippen LogP contribution in [0.1, 0.15) is 19.2 Å². The molecule has 0 saturated carbocycles. The Balaban J connectivity index is 2.01. The van der Waals surface area contributed by atoms with E-state index in [4.69, 9.17) is 8.83 Å². The van der Waals surface area contributed by atoms with Gasteiger partial charge in [0.2, 0.25) is 11.8 Å². The summed E-state index contributed by atoms with van der Waals surface area (Å²) in [6.07, 6.45) is 2.50. The Kier molecular flexibility index (Phi) is 5.10. The summed E-state index contributed by atoms with van der Waals surface area (Å²) < 4.78 is 10.8. The normalized spacial score (nSPS) is 11.0. The van der Waals surface area contributed by atoms with E-state index < -0.39 is 0 Å². The highest BCUT2D eigenvalue weighted by Crippen LogP contribution is 2.18. The molecule has 0 unspecified atom stereocenters. The minimum Gasteiger partial charge on any atom is -0.459 e. The van der Waals surface area contributed by atoms with E-state index in [0.29, 0.717) is 30.6 Å². The minimum absolute atomic E-state index is 0.0502. The molecule has 2 aromatic heterocycles. The van der Waals surface area contributed by atoms with E-state index in [-0.39, 0.29) is 5.91 Å². The molecule has 21 heavy (non-hydrogen) atoms. The molecule has 0 saturated heterocycles. The Bertz CT molecular complexity index is 563. The zero-order chi connectivity index (χ0) is 15.2. The number of rotatable bonds is 7. The van der Waals surface area contributed by atoms with Gasteiger partial charge in [-0.2, -0.15) is 0 Å². The van der Waals surface area contributed by atoms with Gasteiger partial charge in [0.1, 0.15) is 0 Å². The molecule has 0 fully saturated rings. The fraction of sp³-hybridized carbons (Fsp3) is 0.500. The van der Waals surface area contributed by atoms with Crippen LogP contribution < -0.4 is 0 Å². The number of furan rings is 1. The Morgan fingerprint density at radius 1 is 1.33 bits per heavy atom. The molecule has 0 radical (unpaired) electrons. The molecule has 0 aliphatic carbocycles. The maximum absolute atomic E-state index is 11.8. The Morgan fingerprint density at radius 3 is 2.76 bits per heavy atom. The molecule has 114 valence electrons. The summed E-state index contributed by atoms with van der Waals surface area (Å²) >= 11 is 0. The highest BCUT2D eigenvalue weighted by atomic mass is 16.4. The van der Waals surface area contributed by atoms with Crippen LogP contribution in [0, 0.1) is 0 Å². The minimum atomic E-state index is 0.0502. The monoisotopic (exact) mass is 292 g/mol. The number of likely N-dealkylation sites (N-methyl/N-ethyl adjacent to an activating group) is 1. The third-order valence-electron chi connectivity index (χ3n) is 2.96. The van der Waals surface area contributed by atoms with Crippen molar-refractivity contribution in [3.8, 4) is 11.7 Å². The van der Waals surface area contributed by atoms with E-state index in [1.807, 2.05) is 4.90 Å². The summed E-state index contributed by atoms with van der Waals surface area (Å²) in [5.41, 5.74) is 0. The van der Waals surface area contributed by atoms with E-state index >= 15 is 0 Å². The second-order valence-corrected chi connectivity index (χ2v) is 4.98. The number of carbonyl (C=O) groups excluding carboxylic acids is 1. The van der Waals surface area contributed by atoms with Crippen molar-refractivity contribution in [3.63, 3.8) is 0 Å². The lowest BCUT2D eigenvalue weighted by atomic mass is 10.3. The highest BCUT2D eigenvalue weighted by molar-refractivity contribution is 5.77. The lowest BCUT2D eigenvalue weighted by Gasteiger charge is -2.21. The van der Waals surface area contributed by atoms with Crippen LogP contribution in [-0.4, -0.2) is 53.1 Å². The predicted octanol–water partition coefficient (Wildman–Crippen LogP) is 1.63. The number of hydrogen-bond donors (Lipinski definition) is 0. The molecule has 7 nitrogen and oxygen atoms in total. The average molecular weight is 292 g/mol. The van der Waals surface area contributed by atoms with Gasteiger partial charge >= 0.3 is 0 Å². The Hall–Kier alpha value is -2.15. The molecular weight excluding hydrogens is 272 g/mol. The second kappa shape index (κ2) is 7.03. The van der Waals surface area contributed by atoms with Gasteiger partial charge in [0.15, 0.2) is 5.76 Å². The average Bonchev–Trinajstić information content (AvgIpc) is 3.08. The number of amides is 1. The second-order valence-electron chi connectivity index (χ2n) is 4.98. The molecule has 0 aliphatic rings. The molecule has 2 aromatic rings.